The summed E-state index contributed by atoms with van der Waals surface area (Å²) in [6.45, 7) is 1.11. The Hall–Kier alpha value is -3.00. The van der Waals surface area contributed by atoms with Gasteiger partial charge in [0.2, 0.25) is 5.91 Å². The van der Waals surface area contributed by atoms with Gasteiger partial charge in [-0.05, 0) is 36.2 Å². The van der Waals surface area contributed by atoms with Crippen molar-refractivity contribution >= 4 is 11.6 Å². The number of fused-ring (bicyclic) bond motifs is 1. The van der Waals surface area contributed by atoms with Crippen LogP contribution in [0.2, 0.25) is 0 Å². The van der Waals surface area contributed by atoms with Crippen LogP contribution in [0.5, 0.6) is 11.5 Å². The number of amides is 1. The van der Waals surface area contributed by atoms with Crippen molar-refractivity contribution < 1.29 is 14.3 Å². The molecule has 0 unspecified atom stereocenters. The molecular formula is C18H16N2O3. The molecule has 0 fully saturated rings. The van der Waals surface area contributed by atoms with E-state index >= 15 is 0 Å². The largest absolute Gasteiger partial charge is 0.486 e. The predicted octanol–water partition coefficient (Wildman–Crippen LogP) is 2.90. The number of aryl methyl sites for hydroxylation is 1. The maximum atomic E-state index is 12.1. The molecule has 5 heteroatoms. The first kappa shape index (κ1) is 14.9. The highest BCUT2D eigenvalue weighted by molar-refractivity contribution is 5.92. The molecule has 0 atom stereocenters. The summed E-state index contributed by atoms with van der Waals surface area (Å²) in [6, 6.07) is 14.7. The molecule has 0 radical (unpaired) electrons. The van der Waals surface area contributed by atoms with Crippen LogP contribution >= 0.6 is 0 Å². The highest BCUT2D eigenvalue weighted by Gasteiger charge is 2.12. The average Bonchev–Trinajstić information content (AvgIpc) is 2.60. The van der Waals surface area contributed by atoms with Crippen molar-refractivity contribution in [1.82, 2.24) is 0 Å². The Morgan fingerprint density at radius 2 is 1.91 bits per heavy atom. The molecule has 0 spiro atoms. The van der Waals surface area contributed by atoms with Crippen molar-refractivity contribution in [3.05, 3.63) is 53.6 Å². The Morgan fingerprint density at radius 3 is 2.74 bits per heavy atom. The predicted molar refractivity (Wildman–Crippen MR) is 85.5 cm³/mol. The van der Waals surface area contributed by atoms with E-state index in [0.29, 0.717) is 37.3 Å². The van der Waals surface area contributed by atoms with Crippen molar-refractivity contribution in [2.45, 2.75) is 12.8 Å². The highest BCUT2D eigenvalue weighted by atomic mass is 16.6. The lowest BCUT2D eigenvalue weighted by Gasteiger charge is -2.18. The van der Waals surface area contributed by atoms with E-state index in [9.17, 15) is 4.79 Å². The van der Waals surface area contributed by atoms with Crippen LogP contribution in [0.25, 0.3) is 0 Å². The second-order valence-corrected chi connectivity index (χ2v) is 5.18. The SMILES string of the molecule is N#Cc1ccccc1NC(=O)CCc1ccc2c(c1)OCCO2. The summed E-state index contributed by atoms with van der Waals surface area (Å²) in [5, 5.41) is 11.8. The molecule has 5 nitrogen and oxygen atoms in total. The second-order valence-electron chi connectivity index (χ2n) is 5.18. The second kappa shape index (κ2) is 6.84. The van der Waals surface area contributed by atoms with Crippen LogP contribution in [0.4, 0.5) is 5.69 Å². The van der Waals surface area contributed by atoms with E-state index in [1.165, 1.54) is 0 Å². The van der Waals surface area contributed by atoms with Gasteiger partial charge in [-0.25, -0.2) is 0 Å². The molecule has 116 valence electrons. The first-order valence-electron chi connectivity index (χ1n) is 7.44. The summed E-state index contributed by atoms with van der Waals surface area (Å²) >= 11 is 0. The first-order valence-corrected chi connectivity index (χ1v) is 7.44. The number of nitrogens with one attached hydrogen (secondary N) is 1. The third kappa shape index (κ3) is 3.61. The Balaban J connectivity index is 1.60. The standard InChI is InChI=1S/C18H16N2O3/c19-12-14-3-1-2-4-15(14)20-18(21)8-6-13-5-7-16-17(11-13)23-10-9-22-16/h1-5,7,11H,6,8-10H2,(H,20,21). The molecule has 2 aromatic carbocycles. The van der Waals surface area contributed by atoms with Gasteiger partial charge in [0.05, 0.1) is 11.3 Å². The van der Waals surface area contributed by atoms with Gasteiger partial charge in [-0.15, -0.1) is 0 Å². The fraction of sp³-hybridized carbons (Fsp3) is 0.222. The van der Waals surface area contributed by atoms with Crippen molar-refractivity contribution in [2.75, 3.05) is 18.5 Å². The number of rotatable bonds is 4. The molecule has 0 saturated heterocycles. The number of benzene rings is 2. The quantitative estimate of drug-likeness (QED) is 0.942. The fourth-order valence-corrected chi connectivity index (χ4v) is 2.40. The van der Waals surface area contributed by atoms with Crippen LogP contribution in [-0.4, -0.2) is 19.1 Å². The minimum absolute atomic E-state index is 0.123. The summed E-state index contributed by atoms with van der Waals surface area (Å²) in [7, 11) is 0. The maximum Gasteiger partial charge on any atom is 0.224 e. The third-order valence-corrected chi connectivity index (χ3v) is 3.57. The summed E-state index contributed by atoms with van der Waals surface area (Å²) < 4.78 is 11.0. The number of anilines is 1. The van der Waals surface area contributed by atoms with E-state index in [1.54, 1.807) is 24.3 Å². The van der Waals surface area contributed by atoms with Gasteiger partial charge in [-0.3, -0.25) is 4.79 Å². The average molecular weight is 308 g/mol. The van der Waals surface area contributed by atoms with Gasteiger partial charge in [0, 0.05) is 6.42 Å². The van der Waals surface area contributed by atoms with E-state index in [2.05, 4.69) is 11.4 Å². The molecule has 0 aromatic heterocycles. The monoisotopic (exact) mass is 308 g/mol. The summed E-state index contributed by atoms with van der Waals surface area (Å²) in [5.41, 5.74) is 2.01. The number of carbonyl (C=O) groups excluding carboxylic acids is 1. The van der Waals surface area contributed by atoms with Crippen LogP contribution < -0.4 is 14.8 Å². The summed E-state index contributed by atoms with van der Waals surface area (Å²) in [4.78, 5) is 12.1. The summed E-state index contributed by atoms with van der Waals surface area (Å²) in [6.07, 6.45) is 0.927. The van der Waals surface area contributed by atoms with Crippen LogP contribution in [0.15, 0.2) is 42.5 Å². The van der Waals surface area contributed by atoms with E-state index in [1.807, 2.05) is 18.2 Å². The van der Waals surface area contributed by atoms with Gasteiger partial charge in [-0.1, -0.05) is 18.2 Å². The van der Waals surface area contributed by atoms with Gasteiger partial charge >= 0.3 is 0 Å². The van der Waals surface area contributed by atoms with Crippen molar-refractivity contribution in [3.63, 3.8) is 0 Å². The maximum absolute atomic E-state index is 12.1. The molecule has 1 amide bonds. The smallest absolute Gasteiger partial charge is 0.224 e. The zero-order chi connectivity index (χ0) is 16.1. The molecule has 0 bridgehead atoms. The van der Waals surface area contributed by atoms with Crippen LogP contribution in [0.3, 0.4) is 0 Å². The van der Waals surface area contributed by atoms with E-state index in [4.69, 9.17) is 14.7 Å². The number of ether oxygens (including phenoxy) is 2. The molecule has 0 aliphatic carbocycles. The van der Waals surface area contributed by atoms with Gasteiger partial charge in [0.15, 0.2) is 11.5 Å². The zero-order valence-electron chi connectivity index (χ0n) is 12.5. The van der Waals surface area contributed by atoms with Gasteiger partial charge in [0.25, 0.3) is 0 Å². The number of carbonyl (C=O) groups is 1. The van der Waals surface area contributed by atoms with Gasteiger partial charge < -0.3 is 14.8 Å². The number of nitriles is 1. The highest BCUT2D eigenvalue weighted by Crippen LogP contribution is 2.31. The minimum atomic E-state index is -0.123. The normalized spacial score (nSPS) is 12.3. The van der Waals surface area contributed by atoms with E-state index < -0.39 is 0 Å². The molecule has 23 heavy (non-hydrogen) atoms. The van der Waals surface area contributed by atoms with Crippen molar-refractivity contribution in [3.8, 4) is 17.6 Å². The molecule has 1 N–H and O–H groups in total. The van der Waals surface area contributed by atoms with Crippen molar-refractivity contribution in [1.29, 1.82) is 5.26 Å². The zero-order valence-corrected chi connectivity index (χ0v) is 12.5. The first-order chi connectivity index (χ1) is 11.3. The number of hydrogen-bond donors (Lipinski definition) is 1. The molecule has 2 aromatic rings. The Labute approximate surface area is 134 Å². The molecule has 1 aliphatic rings. The van der Waals surface area contributed by atoms with E-state index in [-0.39, 0.29) is 5.91 Å². The van der Waals surface area contributed by atoms with Crippen LogP contribution in [0.1, 0.15) is 17.5 Å². The Morgan fingerprint density at radius 1 is 1.13 bits per heavy atom. The Bertz CT molecular complexity index is 765. The lowest BCUT2D eigenvalue weighted by Crippen LogP contribution is -2.16. The third-order valence-electron chi connectivity index (χ3n) is 3.57. The van der Waals surface area contributed by atoms with E-state index in [0.717, 1.165) is 17.1 Å². The van der Waals surface area contributed by atoms with Crippen molar-refractivity contribution in [2.24, 2.45) is 0 Å². The van der Waals surface area contributed by atoms with Gasteiger partial charge in [0.1, 0.15) is 19.3 Å². The van der Waals surface area contributed by atoms with Crippen LogP contribution in [0, 0.1) is 11.3 Å². The number of para-hydroxylation sites is 1. The van der Waals surface area contributed by atoms with Gasteiger partial charge in [-0.2, -0.15) is 5.26 Å². The number of hydrogen-bond acceptors (Lipinski definition) is 4. The molecular weight excluding hydrogens is 292 g/mol. The Kier molecular flexibility index (Phi) is 4.44. The molecule has 0 saturated carbocycles. The van der Waals surface area contributed by atoms with Crippen LogP contribution in [-0.2, 0) is 11.2 Å². The molecule has 1 aliphatic heterocycles. The minimum Gasteiger partial charge on any atom is -0.486 e. The molecule has 1 heterocycles. The lowest BCUT2D eigenvalue weighted by molar-refractivity contribution is -0.116. The lowest BCUT2D eigenvalue weighted by atomic mass is 10.1. The summed E-state index contributed by atoms with van der Waals surface area (Å²) in [5.74, 6) is 1.35. The topological polar surface area (TPSA) is 71.4 Å². The fourth-order valence-electron chi connectivity index (χ4n) is 2.40. The number of nitrogens with zero attached hydrogens (tertiary/aromatic N) is 1. The molecule has 3 rings (SSSR count).